The molecule has 1 saturated heterocycles. The Balaban J connectivity index is 1.92. The molecule has 1 fully saturated rings. The molecule has 0 bridgehead atoms. The SMILES string of the molecule is CCCOc1cccc(/C(O)=C2/C(=O)C(=O)N(c3ccccc3O)C2c2cccc(OC)c2)c1. The molecule has 34 heavy (non-hydrogen) atoms. The number of methoxy groups -OCH3 is 1. The van der Waals surface area contributed by atoms with Gasteiger partial charge in [-0.25, -0.2) is 0 Å². The molecule has 1 atom stereocenters. The molecule has 4 rings (SSSR count). The minimum Gasteiger partial charge on any atom is -0.507 e. The van der Waals surface area contributed by atoms with Gasteiger partial charge in [-0.05, 0) is 48.4 Å². The van der Waals surface area contributed by atoms with Crippen LogP contribution in [-0.4, -0.2) is 35.6 Å². The molecule has 0 saturated carbocycles. The Hall–Kier alpha value is -4.26. The Morgan fingerprint density at radius 3 is 2.44 bits per heavy atom. The van der Waals surface area contributed by atoms with Gasteiger partial charge in [0.1, 0.15) is 23.0 Å². The van der Waals surface area contributed by atoms with Crippen LogP contribution in [-0.2, 0) is 9.59 Å². The summed E-state index contributed by atoms with van der Waals surface area (Å²) in [6, 6.07) is 18.9. The summed E-state index contributed by atoms with van der Waals surface area (Å²) >= 11 is 0. The molecule has 3 aromatic carbocycles. The largest absolute Gasteiger partial charge is 0.507 e. The second-order valence-corrected chi connectivity index (χ2v) is 7.81. The van der Waals surface area contributed by atoms with Crippen molar-refractivity contribution in [1.29, 1.82) is 0 Å². The molecule has 0 aromatic heterocycles. The second kappa shape index (κ2) is 9.70. The quantitative estimate of drug-likeness (QED) is 0.299. The van der Waals surface area contributed by atoms with E-state index in [1.807, 2.05) is 6.92 Å². The molecule has 1 unspecified atom stereocenters. The average molecular weight is 459 g/mol. The molecule has 174 valence electrons. The highest BCUT2D eigenvalue weighted by Crippen LogP contribution is 2.45. The van der Waals surface area contributed by atoms with Crippen molar-refractivity contribution in [2.45, 2.75) is 19.4 Å². The number of rotatable bonds is 7. The highest BCUT2D eigenvalue weighted by atomic mass is 16.5. The number of aliphatic hydroxyl groups is 1. The fraction of sp³-hybridized carbons (Fsp3) is 0.185. The van der Waals surface area contributed by atoms with Crippen molar-refractivity contribution < 1.29 is 29.3 Å². The summed E-state index contributed by atoms with van der Waals surface area (Å²) in [6.45, 7) is 2.49. The predicted octanol–water partition coefficient (Wildman–Crippen LogP) is 4.82. The Morgan fingerprint density at radius 2 is 1.71 bits per heavy atom. The second-order valence-electron chi connectivity index (χ2n) is 7.81. The summed E-state index contributed by atoms with van der Waals surface area (Å²) < 4.78 is 11.0. The lowest BCUT2D eigenvalue weighted by atomic mass is 9.95. The van der Waals surface area contributed by atoms with E-state index >= 15 is 0 Å². The van der Waals surface area contributed by atoms with Crippen LogP contribution < -0.4 is 14.4 Å². The molecule has 7 heteroatoms. The summed E-state index contributed by atoms with van der Waals surface area (Å²) in [7, 11) is 1.51. The van der Waals surface area contributed by atoms with Crippen molar-refractivity contribution >= 4 is 23.1 Å². The number of amides is 1. The zero-order chi connectivity index (χ0) is 24.2. The van der Waals surface area contributed by atoms with E-state index < -0.39 is 17.7 Å². The van der Waals surface area contributed by atoms with Crippen LogP contribution in [0.4, 0.5) is 5.69 Å². The monoisotopic (exact) mass is 459 g/mol. The maximum atomic E-state index is 13.3. The lowest BCUT2D eigenvalue weighted by Crippen LogP contribution is -2.29. The molecule has 0 spiro atoms. The number of aromatic hydroxyl groups is 1. The highest BCUT2D eigenvalue weighted by molar-refractivity contribution is 6.51. The zero-order valence-electron chi connectivity index (χ0n) is 18.9. The summed E-state index contributed by atoms with van der Waals surface area (Å²) in [5.74, 6) is -1.13. The van der Waals surface area contributed by atoms with Gasteiger partial charge in [0, 0.05) is 5.56 Å². The van der Waals surface area contributed by atoms with Crippen LogP contribution >= 0.6 is 0 Å². The van der Waals surface area contributed by atoms with Crippen LogP contribution in [0.1, 0.15) is 30.5 Å². The van der Waals surface area contributed by atoms with Crippen molar-refractivity contribution in [3.8, 4) is 17.2 Å². The van der Waals surface area contributed by atoms with Gasteiger partial charge in [0.2, 0.25) is 0 Å². The Labute approximate surface area is 197 Å². The Bertz CT molecular complexity index is 1270. The third kappa shape index (κ3) is 4.20. The number of para-hydroxylation sites is 2. The number of ketones is 1. The molecule has 7 nitrogen and oxygen atoms in total. The number of hydrogen-bond donors (Lipinski definition) is 2. The molecule has 1 aliphatic rings. The lowest BCUT2D eigenvalue weighted by Gasteiger charge is -2.26. The first-order valence-corrected chi connectivity index (χ1v) is 10.9. The Morgan fingerprint density at radius 1 is 0.971 bits per heavy atom. The number of ether oxygens (including phenoxy) is 2. The normalized spacial score (nSPS) is 17.1. The number of phenolic OH excluding ortho intramolecular Hbond substituents is 1. The van der Waals surface area contributed by atoms with Crippen LogP contribution in [0.5, 0.6) is 17.2 Å². The number of Topliss-reactive ketones (excluding diaryl/α,β-unsaturated/α-hetero) is 1. The van der Waals surface area contributed by atoms with Crippen molar-refractivity contribution in [3.05, 3.63) is 89.5 Å². The molecule has 1 aliphatic heterocycles. The summed E-state index contributed by atoms with van der Waals surface area (Å²) in [6.07, 6.45) is 0.817. The van der Waals surface area contributed by atoms with E-state index in [2.05, 4.69) is 0 Å². The van der Waals surface area contributed by atoms with Gasteiger partial charge in [-0.3, -0.25) is 14.5 Å². The van der Waals surface area contributed by atoms with E-state index in [4.69, 9.17) is 9.47 Å². The molecule has 0 radical (unpaired) electrons. The molecular weight excluding hydrogens is 434 g/mol. The fourth-order valence-electron chi connectivity index (χ4n) is 3.98. The number of aliphatic hydroxyl groups excluding tert-OH is 1. The summed E-state index contributed by atoms with van der Waals surface area (Å²) in [4.78, 5) is 27.7. The standard InChI is InChI=1S/C27H25NO6/c1-3-14-34-20-11-7-9-18(16-20)25(30)23-24(17-8-6-10-19(15-17)33-2)28(27(32)26(23)31)21-12-4-5-13-22(21)29/h4-13,15-16,24,29-30H,3,14H2,1-2H3/b25-23-. The minimum absolute atomic E-state index is 0.0888. The third-order valence-electron chi connectivity index (χ3n) is 5.58. The summed E-state index contributed by atoms with van der Waals surface area (Å²) in [5.41, 5.74) is 0.962. The number of nitrogens with zero attached hydrogens (tertiary/aromatic N) is 1. The topological polar surface area (TPSA) is 96.3 Å². The van der Waals surface area contributed by atoms with Gasteiger partial charge in [-0.15, -0.1) is 0 Å². The zero-order valence-corrected chi connectivity index (χ0v) is 18.9. The summed E-state index contributed by atoms with van der Waals surface area (Å²) in [5, 5.41) is 21.8. The van der Waals surface area contributed by atoms with Gasteiger partial charge in [0.05, 0.1) is 31.0 Å². The first kappa shape index (κ1) is 22.9. The fourth-order valence-corrected chi connectivity index (χ4v) is 3.98. The highest BCUT2D eigenvalue weighted by Gasteiger charge is 2.47. The van der Waals surface area contributed by atoms with E-state index in [1.54, 1.807) is 66.7 Å². The van der Waals surface area contributed by atoms with Gasteiger partial charge < -0.3 is 19.7 Å². The van der Waals surface area contributed by atoms with Crippen molar-refractivity contribution in [2.24, 2.45) is 0 Å². The van der Waals surface area contributed by atoms with E-state index in [-0.39, 0.29) is 22.8 Å². The van der Waals surface area contributed by atoms with Crippen molar-refractivity contribution in [3.63, 3.8) is 0 Å². The van der Waals surface area contributed by atoms with Crippen LogP contribution in [0.25, 0.3) is 5.76 Å². The molecule has 2 N–H and O–H groups in total. The van der Waals surface area contributed by atoms with E-state index in [9.17, 15) is 19.8 Å². The van der Waals surface area contributed by atoms with Crippen LogP contribution in [0.15, 0.2) is 78.4 Å². The van der Waals surface area contributed by atoms with Gasteiger partial charge >= 0.3 is 0 Å². The van der Waals surface area contributed by atoms with Crippen LogP contribution in [0.3, 0.4) is 0 Å². The Kier molecular flexibility index (Phi) is 6.54. The number of hydrogen-bond acceptors (Lipinski definition) is 6. The number of phenols is 1. The van der Waals surface area contributed by atoms with E-state index in [1.165, 1.54) is 18.1 Å². The number of carbonyl (C=O) groups is 2. The predicted molar refractivity (Wildman–Crippen MR) is 128 cm³/mol. The maximum absolute atomic E-state index is 13.3. The molecule has 0 aliphatic carbocycles. The van der Waals surface area contributed by atoms with Gasteiger partial charge in [-0.1, -0.05) is 43.3 Å². The first-order chi connectivity index (χ1) is 16.5. The van der Waals surface area contributed by atoms with E-state index in [0.717, 1.165) is 6.42 Å². The van der Waals surface area contributed by atoms with Crippen LogP contribution in [0.2, 0.25) is 0 Å². The number of anilines is 1. The average Bonchev–Trinajstić information content (AvgIpc) is 3.13. The minimum atomic E-state index is -0.983. The van der Waals surface area contributed by atoms with Crippen LogP contribution in [0, 0.1) is 0 Å². The third-order valence-corrected chi connectivity index (χ3v) is 5.58. The van der Waals surface area contributed by atoms with Crippen molar-refractivity contribution in [2.75, 3.05) is 18.6 Å². The molecule has 3 aromatic rings. The van der Waals surface area contributed by atoms with Gasteiger partial charge in [0.25, 0.3) is 11.7 Å². The first-order valence-electron chi connectivity index (χ1n) is 10.9. The van der Waals surface area contributed by atoms with Gasteiger partial charge in [0.15, 0.2) is 0 Å². The smallest absolute Gasteiger partial charge is 0.300 e. The molecular formula is C27H25NO6. The number of benzene rings is 3. The lowest BCUT2D eigenvalue weighted by molar-refractivity contribution is -0.132. The van der Waals surface area contributed by atoms with Crippen molar-refractivity contribution in [1.82, 2.24) is 0 Å². The van der Waals surface area contributed by atoms with E-state index in [0.29, 0.717) is 29.2 Å². The molecule has 1 amide bonds. The van der Waals surface area contributed by atoms with Gasteiger partial charge in [-0.2, -0.15) is 0 Å². The maximum Gasteiger partial charge on any atom is 0.300 e. The number of carbonyl (C=O) groups excluding carboxylic acids is 2. The molecule has 1 heterocycles.